The Morgan fingerprint density at radius 1 is 1.46 bits per heavy atom. The Kier molecular flexibility index (Phi) is 3.74. The number of rotatable bonds is 3. The Labute approximate surface area is 81.5 Å². The molecule has 1 aliphatic rings. The van der Waals surface area contributed by atoms with Gasteiger partial charge in [-0.2, -0.15) is 0 Å². The Morgan fingerprint density at radius 3 is 2.38 bits per heavy atom. The summed E-state index contributed by atoms with van der Waals surface area (Å²) in [5.41, 5.74) is 5.14. The summed E-state index contributed by atoms with van der Waals surface area (Å²) in [6, 6.07) is 0. The molecule has 0 saturated heterocycles. The van der Waals surface area contributed by atoms with Crippen molar-refractivity contribution >= 4 is 0 Å². The van der Waals surface area contributed by atoms with Crippen LogP contribution >= 0.6 is 0 Å². The van der Waals surface area contributed by atoms with Crippen LogP contribution in [0.4, 0.5) is 0 Å². The number of hydrogen-bond acceptors (Lipinski definition) is 2. The molecule has 0 radical (unpaired) electrons. The van der Waals surface area contributed by atoms with Gasteiger partial charge in [0.2, 0.25) is 0 Å². The van der Waals surface area contributed by atoms with Crippen LogP contribution in [-0.4, -0.2) is 17.3 Å². The van der Waals surface area contributed by atoms with Crippen LogP contribution in [0.2, 0.25) is 0 Å². The highest BCUT2D eigenvalue weighted by Crippen LogP contribution is 2.37. The van der Waals surface area contributed by atoms with Gasteiger partial charge in [-0.15, -0.1) is 0 Å². The zero-order valence-corrected chi connectivity index (χ0v) is 8.92. The third-order valence-electron chi connectivity index (χ3n) is 3.82. The molecular weight excluding hydrogens is 162 g/mol. The second kappa shape index (κ2) is 4.43. The van der Waals surface area contributed by atoms with E-state index in [1.807, 2.05) is 0 Å². The third-order valence-corrected chi connectivity index (χ3v) is 3.82. The molecule has 1 rings (SSSR count). The predicted octanol–water partition coefficient (Wildman–Crippen LogP) is 1.91. The van der Waals surface area contributed by atoms with Gasteiger partial charge in [0.1, 0.15) is 0 Å². The summed E-state index contributed by atoms with van der Waals surface area (Å²) >= 11 is 0. The van der Waals surface area contributed by atoms with Crippen molar-refractivity contribution < 1.29 is 5.11 Å². The fourth-order valence-electron chi connectivity index (χ4n) is 2.30. The standard InChI is InChI=1S/C11H23NO/c1-3-10-4-6-11(13,7-5-10)9(2)8-12/h9-10,13H,3-8,12H2,1-2H3. The van der Waals surface area contributed by atoms with E-state index < -0.39 is 5.60 Å². The van der Waals surface area contributed by atoms with E-state index in [9.17, 15) is 5.11 Å². The third kappa shape index (κ3) is 2.44. The number of nitrogens with two attached hydrogens (primary N) is 1. The first-order valence-electron chi connectivity index (χ1n) is 5.55. The number of aliphatic hydroxyl groups is 1. The molecule has 0 aromatic rings. The molecule has 1 atom stereocenters. The van der Waals surface area contributed by atoms with Gasteiger partial charge in [0.15, 0.2) is 0 Å². The predicted molar refractivity (Wildman–Crippen MR) is 55.4 cm³/mol. The maximum atomic E-state index is 10.3. The molecule has 0 heterocycles. The molecule has 1 unspecified atom stereocenters. The van der Waals surface area contributed by atoms with Crippen LogP contribution in [0.5, 0.6) is 0 Å². The van der Waals surface area contributed by atoms with Crippen LogP contribution in [0.25, 0.3) is 0 Å². The van der Waals surface area contributed by atoms with Crippen molar-refractivity contribution in [2.45, 2.75) is 51.6 Å². The molecule has 0 aromatic heterocycles. The average Bonchev–Trinajstić information content (AvgIpc) is 2.18. The topological polar surface area (TPSA) is 46.2 Å². The quantitative estimate of drug-likeness (QED) is 0.705. The Hall–Kier alpha value is -0.0800. The van der Waals surface area contributed by atoms with Gasteiger partial charge in [-0.25, -0.2) is 0 Å². The lowest BCUT2D eigenvalue weighted by molar-refractivity contribution is -0.0508. The van der Waals surface area contributed by atoms with Crippen LogP contribution < -0.4 is 5.73 Å². The fourth-order valence-corrected chi connectivity index (χ4v) is 2.30. The molecule has 1 aliphatic carbocycles. The second-order valence-corrected chi connectivity index (χ2v) is 4.59. The van der Waals surface area contributed by atoms with Crippen molar-refractivity contribution in [2.75, 3.05) is 6.54 Å². The molecule has 0 aromatic carbocycles. The van der Waals surface area contributed by atoms with Gasteiger partial charge >= 0.3 is 0 Å². The molecule has 13 heavy (non-hydrogen) atoms. The van der Waals surface area contributed by atoms with Gasteiger partial charge < -0.3 is 10.8 Å². The van der Waals surface area contributed by atoms with Gasteiger partial charge in [-0.1, -0.05) is 20.3 Å². The first kappa shape index (κ1) is 11.0. The van der Waals surface area contributed by atoms with Gasteiger partial charge in [0, 0.05) is 0 Å². The molecule has 78 valence electrons. The minimum absolute atomic E-state index is 0.255. The Bertz CT molecular complexity index is 150. The Balaban J connectivity index is 2.46. The average molecular weight is 185 g/mol. The first-order chi connectivity index (χ1) is 6.12. The van der Waals surface area contributed by atoms with Crippen molar-refractivity contribution in [3.63, 3.8) is 0 Å². The summed E-state index contributed by atoms with van der Waals surface area (Å²) < 4.78 is 0. The van der Waals surface area contributed by atoms with Gasteiger partial charge in [-0.05, 0) is 44.1 Å². The summed E-state index contributed by atoms with van der Waals surface area (Å²) in [5.74, 6) is 1.09. The largest absolute Gasteiger partial charge is 0.390 e. The minimum atomic E-state index is -0.458. The lowest BCUT2D eigenvalue weighted by Crippen LogP contribution is -2.43. The second-order valence-electron chi connectivity index (χ2n) is 4.59. The summed E-state index contributed by atoms with van der Waals surface area (Å²) in [6.07, 6.45) is 5.51. The van der Waals surface area contributed by atoms with Crippen LogP contribution in [0, 0.1) is 11.8 Å². The van der Waals surface area contributed by atoms with Crippen LogP contribution in [0.15, 0.2) is 0 Å². The number of hydrogen-bond donors (Lipinski definition) is 2. The van der Waals surface area contributed by atoms with E-state index in [0.29, 0.717) is 6.54 Å². The van der Waals surface area contributed by atoms with Crippen molar-refractivity contribution in [2.24, 2.45) is 17.6 Å². The van der Waals surface area contributed by atoms with Crippen molar-refractivity contribution in [3.05, 3.63) is 0 Å². The van der Waals surface area contributed by atoms with Crippen molar-refractivity contribution in [3.8, 4) is 0 Å². The van der Waals surface area contributed by atoms with E-state index in [1.165, 1.54) is 19.3 Å². The molecule has 2 nitrogen and oxygen atoms in total. The maximum absolute atomic E-state index is 10.3. The highest BCUT2D eigenvalue weighted by atomic mass is 16.3. The fraction of sp³-hybridized carbons (Fsp3) is 1.00. The monoisotopic (exact) mass is 185 g/mol. The Morgan fingerprint density at radius 2 is 2.00 bits per heavy atom. The van der Waals surface area contributed by atoms with Crippen molar-refractivity contribution in [1.29, 1.82) is 0 Å². The summed E-state index contributed by atoms with van der Waals surface area (Å²) in [6.45, 7) is 4.90. The van der Waals surface area contributed by atoms with Crippen LogP contribution in [-0.2, 0) is 0 Å². The van der Waals surface area contributed by atoms with Crippen LogP contribution in [0.3, 0.4) is 0 Å². The maximum Gasteiger partial charge on any atom is 0.0685 e. The molecule has 2 heteroatoms. The molecule has 0 spiro atoms. The summed E-state index contributed by atoms with van der Waals surface area (Å²) in [4.78, 5) is 0. The normalized spacial score (nSPS) is 37.4. The minimum Gasteiger partial charge on any atom is -0.390 e. The van der Waals surface area contributed by atoms with E-state index in [0.717, 1.165) is 18.8 Å². The molecule has 0 amide bonds. The molecule has 0 bridgehead atoms. The zero-order chi connectivity index (χ0) is 9.90. The van der Waals surface area contributed by atoms with E-state index in [4.69, 9.17) is 5.73 Å². The highest BCUT2D eigenvalue weighted by Gasteiger charge is 2.36. The van der Waals surface area contributed by atoms with Crippen LogP contribution in [0.1, 0.15) is 46.0 Å². The molecular formula is C11H23NO. The highest BCUT2D eigenvalue weighted by molar-refractivity contribution is 4.89. The summed E-state index contributed by atoms with van der Waals surface area (Å²) in [7, 11) is 0. The zero-order valence-electron chi connectivity index (χ0n) is 8.92. The SMILES string of the molecule is CCC1CCC(O)(C(C)CN)CC1. The molecule has 3 N–H and O–H groups in total. The van der Waals surface area contributed by atoms with Gasteiger partial charge in [0.05, 0.1) is 5.60 Å². The first-order valence-corrected chi connectivity index (χ1v) is 5.55. The lowest BCUT2D eigenvalue weighted by atomic mass is 9.72. The van der Waals surface area contributed by atoms with E-state index >= 15 is 0 Å². The smallest absolute Gasteiger partial charge is 0.0685 e. The molecule has 1 saturated carbocycles. The van der Waals surface area contributed by atoms with Gasteiger partial charge in [0.25, 0.3) is 0 Å². The summed E-state index contributed by atoms with van der Waals surface area (Å²) in [5, 5.41) is 10.3. The molecule has 1 fully saturated rings. The van der Waals surface area contributed by atoms with E-state index in [1.54, 1.807) is 0 Å². The van der Waals surface area contributed by atoms with E-state index in [2.05, 4.69) is 13.8 Å². The van der Waals surface area contributed by atoms with E-state index in [-0.39, 0.29) is 5.92 Å². The van der Waals surface area contributed by atoms with Crippen molar-refractivity contribution in [1.82, 2.24) is 0 Å². The lowest BCUT2D eigenvalue weighted by Gasteiger charge is -2.39. The van der Waals surface area contributed by atoms with Gasteiger partial charge in [-0.3, -0.25) is 0 Å². The molecule has 0 aliphatic heterocycles.